The van der Waals surface area contributed by atoms with E-state index in [1.54, 1.807) is 4.90 Å². The third-order valence-corrected chi connectivity index (χ3v) is 5.75. The van der Waals surface area contributed by atoms with Crippen LogP contribution >= 0.6 is 11.6 Å². The number of aliphatic hydroxyl groups excluding tert-OH is 2. The number of fused-ring (bicyclic) bond motifs is 1. The molecule has 5 heteroatoms. The maximum Gasteiger partial charge on any atom is 0.253 e. The Labute approximate surface area is 169 Å². The molecule has 0 unspecified atom stereocenters. The van der Waals surface area contributed by atoms with E-state index in [1.165, 1.54) is 0 Å². The minimum absolute atomic E-state index is 0.0656. The minimum Gasteiger partial charge on any atom is -0.396 e. The molecular formula is C23H22ClNO3. The van der Waals surface area contributed by atoms with Crippen LogP contribution in [0.2, 0.25) is 5.02 Å². The van der Waals surface area contributed by atoms with Crippen molar-refractivity contribution in [1.29, 1.82) is 0 Å². The fourth-order valence-corrected chi connectivity index (χ4v) is 3.99. The monoisotopic (exact) mass is 395 g/mol. The highest BCUT2D eigenvalue weighted by Crippen LogP contribution is 2.30. The van der Waals surface area contributed by atoms with Gasteiger partial charge in [-0.2, -0.15) is 0 Å². The number of piperidine rings is 1. The van der Waals surface area contributed by atoms with E-state index < -0.39 is 6.10 Å². The largest absolute Gasteiger partial charge is 0.396 e. The van der Waals surface area contributed by atoms with E-state index in [0.29, 0.717) is 30.1 Å². The first-order valence-electron chi connectivity index (χ1n) is 9.44. The van der Waals surface area contributed by atoms with Crippen molar-refractivity contribution in [3.05, 3.63) is 71.2 Å². The molecule has 0 aromatic heterocycles. The van der Waals surface area contributed by atoms with Gasteiger partial charge < -0.3 is 15.1 Å². The van der Waals surface area contributed by atoms with Crippen LogP contribution in [0.25, 0.3) is 21.9 Å². The maximum atomic E-state index is 13.0. The van der Waals surface area contributed by atoms with E-state index in [-0.39, 0.29) is 18.4 Å². The summed E-state index contributed by atoms with van der Waals surface area (Å²) in [5.74, 6) is -0.348. The molecule has 0 bridgehead atoms. The van der Waals surface area contributed by atoms with E-state index >= 15 is 0 Å². The van der Waals surface area contributed by atoms with Crippen LogP contribution in [-0.2, 0) is 0 Å². The lowest BCUT2D eigenvalue weighted by Crippen LogP contribution is -2.47. The van der Waals surface area contributed by atoms with Gasteiger partial charge in [-0.05, 0) is 52.6 Å². The Kier molecular flexibility index (Phi) is 5.36. The number of amides is 1. The van der Waals surface area contributed by atoms with Gasteiger partial charge in [-0.3, -0.25) is 4.79 Å². The molecule has 4 nitrogen and oxygen atoms in total. The Hall–Kier alpha value is -2.40. The molecule has 4 rings (SSSR count). The Balaban J connectivity index is 1.65. The molecule has 1 fully saturated rings. The number of hydrogen-bond acceptors (Lipinski definition) is 3. The molecule has 1 aliphatic heterocycles. The Bertz CT molecular complexity index is 1000. The van der Waals surface area contributed by atoms with Crippen LogP contribution in [0.5, 0.6) is 0 Å². The summed E-state index contributed by atoms with van der Waals surface area (Å²) >= 11 is 6.00. The average Bonchev–Trinajstić information content (AvgIpc) is 2.73. The van der Waals surface area contributed by atoms with Gasteiger partial charge in [0.05, 0.1) is 12.7 Å². The van der Waals surface area contributed by atoms with Crippen LogP contribution in [0.15, 0.2) is 60.7 Å². The summed E-state index contributed by atoms with van der Waals surface area (Å²) < 4.78 is 0. The van der Waals surface area contributed by atoms with Gasteiger partial charge in [-0.15, -0.1) is 0 Å². The van der Waals surface area contributed by atoms with Gasteiger partial charge in [0, 0.05) is 29.6 Å². The van der Waals surface area contributed by atoms with E-state index in [2.05, 4.69) is 6.07 Å². The smallest absolute Gasteiger partial charge is 0.253 e. The van der Waals surface area contributed by atoms with Crippen LogP contribution in [0, 0.1) is 5.92 Å². The molecule has 1 saturated heterocycles. The predicted octanol–water partition coefficient (Wildman–Crippen LogP) is 3.98. The van der Waals surface area contributed by atoms with Gasteiger partial charge in [-0.1, -0.05) is 48.0 Å². The zero-order valence-electron chi connectivity index (χ0n) is 15.4. The Morgan fingerprint density at radius 3 is 2.64 bits per heavy atom. The molecular weight excluding hydrogens is 374 g/mol. The molecule has 0 saturated carbocycles. The number of rotatable bonds is 3. The van der Waals surface area contributed by atoms with Crippen molar-refractivity contribution < 1.29 is 15.0 Å². The SMILES string of the molecule is O=C(c1ccc2c(-c3ccc(Cl)cc3)cccc2c1)N1CC[C@H](O)[C@H](CO)C1. The van der Waals surface area contributed by atoms with Crippen LogP contribution < -0.4 is 0 Å². The molecule has 3 aromatic rings. The lowest BCUT2D eigenvalue weighted by molar-refractivity contribution is 0.00345. The molecule has 1 amide bonds. The van der Waals surface area contributed by atoms with Crippen LogP contribution in [0.4, 0.5) is 0 Å². The van der Waals surface area contributed by atoms with Crippen LogP contribution in [0.3, 0.4) is 0 Å². The van der Waals surface area contributed by atoms with E-state index in [1.807, 2.05) is 54.6 Å². The quantitative estimate of drug-likeness (QED) is 0.705. The lowest BCUT2D eigenvalue weighted by atomic mass is 9.94. The number of aliphatic hydroxyl groups is 2. The molecule has 0 radical (unpaired) electrons. The molecule has 144 valence electrons. The Morgan fingerprint density at radius 1 is 1.11 bits per heavy atom. The summed E-state index contributed by atoms with van der Waals surface area (Å²) in [5, 5.41) is 22.1. The lowest BCUT2D eigenvalue weighted by Gasteiger charge is -2.35. The summed E-state index contributed by atoms with van der Waals surface area (Å²) in [6.45, 7) is 0.756. The van der Waals surface area contributed by atoms with Crippen molar-refractivity contribution in [2.24, 2.45) is 5.92 Å². The topological polar surface area (TPSA) is 60.8 Å². The first-order chi connectivity index (χ1) is 13.6. The number of hydrogen-bond donors (Lipinski definition) is 2. The first kappa shape index (κ1) is 18.9. The number of nitrogens with zero attached hydrogens (tertiary/aromatic N) is 1. The zero-order valence-corrected chi connectivity index (χ0v) is 16.1. The van der Waals surface area contributed by atoms with Crippen molar-refractivity contribution in [1.82, 2.24) is 4.90 Å². The number of carbonyl (C=O) groups excluding carboxylic acids is 1. The summed E-state index contributed by atoms with van der Waals surface area (Å²) in [5.41, 5.74) is 2.79. The molecule has 1 aliphatic rings. The van der Waals surface area contributed by atoms with Crippen LogP contribution in [0.1, 0.15) is 16.8 Å². The highest BCUT2D eigenvalue weighted by Gasteiger charge is 2.30. The molecule has 3 aromatic carbocycles. The number of halogens is 1. The van der Waals surface area contributed by atoms with E-state index in [4.69, 9.17) is 11.6 Å². The summed E-state index contributed by atoms with van der Waals surface area (Å²) in [6.07, 6.45) is -0.0572. The third-order valence-electron chi connectivity index (χ3n) is 5.50. The predicted molar refractivity (Wildman–Crippen MR) is 111 cm³/mol. The molecule has 2 N–H and O–H groups in total. The standard InChI is InChI=1S/C23H22ClNO3/c24-19-7-4-15(5-8-19)20-3-1-2-16-12-17(6-9-21(16)20)23(28)25-11-10-22(27)18(13-25)14-26/h1-9,12,18,22,26-27H,10-11,13-14H2/t18-,22-/m0/s1. The second-order valence-corrected chi connectivity index (χ2v) is 7.73. The summed E-state index contributed by atoms with van der Waals surface area (Å²) in [4.78, 5) is 14.7. The summed E-state index contributed by atoms with van der Waals surface area (Å²) in [7, 11) is 0. The fraction of sp³-hybridized carbons (Fsp3) is 0.261. The molecule has 0 aliphatic carbocycles. The van der Waals surface area contributed by atoms with Gasteiger partial charge >= 0.3 is 0 Å². The number of likely N-dealkylation sites (tertiary alicyclic amines) is 1. The zero-order chi connectivity index (χ0) is 19.7. The molecule has 1 heterocycles. The molecule has 2 atom stereocenters. The van der Waals surface area contributed by atoms with E-state index in [0.717, 1.165) is 21.9 Å². The highest BCUT2D eigenvalue weighted by atomic mass is 35.5. The van der Waals surface area contributed by atoms with Crippen molar-refractivity contribution in [3.8, 4) is 11.1 Å². The van der Waals surface area contributed by atoms with Gasteiger partial charge in [0.2, 0.25) is 0 Å². The average molecular weight is 396 g/mol. The van der Waals surface area contributed by atoms with Gasteiger partial charge in [0.25, 0.3) is 5.91 Å². The van der Waals surface area contributed by atoms with Gasteiger partial charge in [-0.25, -0.2) is 0 Å². The van der Waals surface area contributed by atoms with Crippen LogP contribution in [-0.4, -0.2) is 46.8 Å². The minimum atomic E-state index is -0.549. The van der Waals surface area contributed by atoms with Gasteiger partial charge in [0.15, 0.2) is 0 Å². The highest BCUT2D eigenvalue weighted by molar-refractivity contribution is 6.30. The third kappa shape index (κ3) is 3.63. The first-order valence-corrected chi connectivity index (χ1v) is 9.81. The fourth-order valence-electron chi connectivity index (χ4n) is 3.86. The van der Waals surface area contributed by atoms with Crippen molar-refractivity contribution in [3.63, 3.8) is 0 Å². The second-order valence-electron chi connectivity index (χ2n) is 7.30. The summed E-state index contributed by atoms with van der Waals surface area (Å²) in [6, 6.07) is 19.5. The van der Waals surface area contributed by atoms with Crippen molar-refractivity contribution >= 4 is 28.3 Å². The molecule has 28 heavy (non-hydrogen) atoms. The normalized spacial score (nSPS) is 19.8. The van der Waals surface area contributed by atoms with Gasteiger partial charge in [0.1, 0.15) is 0 Å². The number of benzene rings is 3. The maximum absolute atomic E-state index is 13.0. The van der Waals surface area contributed by atoms with E-state index in [9.17, 15) is 15.0 Å². The van der Waals surface area contributed by atoms with Crippen molar-refractivity contribution in [2.75, 3.05) is 19.7 Å². The molecule has 0 spiro atoms. The van der Waals surface area contributed by atoms with Crippen molar-refractivity contribution in [2.45, 2.75) is 12.5 Å². The Morgan fingerprint density at radius 2 is 1.89 bits per heavy atom. The number of carbonyl (C=O) groups is 1. The second kappa shape index (κ2) is 7.92.